The Balaban J connectivity index is 1.58. The average molecular weight is 325 g/mol. The molecule has 3 atom stereocenters. The van der Waals surface area contributed by atoms with Crippen molar-refractivity contribution in [2.75, 3.05) is 19.8 Å². The van der Waals surface area contributed by atoms with Crippen LogP contribution in [-0.4, -0.2) is 48.8 Å². The van der Waals surface area contributed by atoms with E-state index in [-0.39, 0.29) is 24.2 Å². The topological polar surface area (TPSA) is 38.8 Å². The molecule has 0 unspecified atom stereocenters. The number of rotatable bonds is 3. The number of carbonyl (C=O) groups is 1. The van der Waals surface area contributed by atoms with Crippen molar-refractivity contribution >= 4 is 16.7 Å². The number of amides is 1. The predicted octanol–water partition coefficient (Wildman–Crippen LogP) is 3.25. The van der Waals surface area contributed by atoms with Gasteiger partial charge >= 0.3 is 0 Å². The molecule has 0 aromatic heterocycles. The van der Waals surface area contributed by atoms with Gasteiger partial charge in [-0.25, -0.2) is 0 Å². The van der Waals surface area contributed by atoms with E-state index in [0.717, 1.165) is 29.2 Å². The average Bonchev–Trinajstić information content (AvgIpc) is 3.04. The molecule has 0 bridgehead atoms. The lowest BCUT2D eigenvalue weighted by Crippen LogP contribution is -2.53. The number of hydrogen-bond donors (Lipinski definition) is 0. The van der Waals surface area contributed by atoms with E-state index in [0.29, 0.717) is 19.8 Å². The molecule has 4 nitrogen and oxygen atoms in total. The van der Waals surface area contributed by atoms with Gasteiger partial charge in [-0.1, -0.05) is 30.3 Å². The van der Waals surface area contributed by atoms with Crippen LogP contribution in [0.5, 0.6) is 0 Å². The molecule has 2 aromatic carbocycles. The van der Waals surface area contributed by atoms with Crippen molar-refractivity contribution in [2.45, 2.75) is 38.0 Å². The summed E-state index contributed by atoms with van der Waals surface area (Å²) < 4.78 is 11.7. The fourth-order valence-corrected chi connectivity index (χ4v) is 4.05. The first-order chi connectivity index (χ1) is 11.8. The van der Waals surface area contributed by atoms with E-state index in [1.807, 2.05) is 42.2 Å². The number of ether oxygens (including phenoxy) is 2. The summed E-state index contributed by atoms with van der Waals surface area (Å²) in [6, 6.07) is 14.2. The molecule has 0 N–H and O–H groups in total. The zero-order valence-corrected chi connectivity index (χ0v) is 14.0. The molecule has 2 aromatic rings. The maximum atomic E-state index is 13.1. The Morgan fingerprint density at radius 1 is 1.21 bits per heavy atom. The molecule has 1 amide bonds. The second-order valence-electron chi connectivity index (χ2n) is 6.53. The minimum Gasteiger partial charge on any atom is -0.376 e. The molecular weight excluding hydrogens is 302 g/mol. The summed E-state index contributed by atoms with van der Waals surface area (Å²) in [6.07, 6.45) is 2.05. The van der Waals surface area contributed by atoms with Gasteiger partial charge in [0.2, 0.25) is 0 Å². The van der Waals surface area contributed by atoms with Gasteiger partial charge in [0.15, 0.2) is 0 Å². The molecule has 2 aliphatic rings. The first-order valence-corrected chi connectivity index (χ1v) is 8.81. The lowest BCUT2D eigenvalue weighted by molar-refractivity contribution is -0.102. The number of morpholine rings is 1. The molecule has 1 saturated carbocycles. The van der Waals surface area contributed by atoms with Crippen LogP contribution in [0.15, 0.2) is 42.5 Å². The molecule has 24 heavy (non-hydrogen) atoms. The summed E-state index contributed by atoms with van der Waals surface area (Å²) in [5, 5.41) is 2.26. The van der Waals surface area contributed by atoms with Gasteiger partial charge in [-0.15, -0.1) is 0 Å². The molecule has 126 valence electrons. The second-order valence-corrected chi connectivity index (χ2v) is 6.53. The predicted molar refractivity (Wildman–Crippen MR) is 93.2 cm³/mol. The first kappa shape index (κ1) is 15.6. The van der Waals surface area contributed by atoms with Gasteiger partial charge in [0, 0.05) is 18.7 Å². The van der Waals surface area contributed by atoms with Crippen LogP contribution in [0, 0.1) is 0 Å². The van der Waals surface area contributed by atoms with Crippen LogP contribution < -0.4 is 0 Å². The smallest absolute Gasteiger partial charge is 0.254 e. The Bertz CT molecular complexity index is 744. The largest absolute Gasteiger partial charge is 0.376 e. The number of nitrogens with zero attached hydrogens (tertiary/aromatic N) is 1. The zero-order chi connectivity index (χ0) is 16.5. The highest BCUT2D eigenvalue weighted by Gasteiger charge is 2.44. The van der Waals surface area contributed by atoms with Gasteiger partial charge in [-0.2, -0.15) is 0 Å². The second kappa shape index (κ2) is 6.54. The van der Waals surface area contributed by atoms with Crippen molar-refractivity contribution in [3.8, 4) is 0 Å². The molecule has 1 heterocycles. The highest BCUT2D eigenvalue weighted by molar-refractivity contribution is 5.98. The lowest BCUT2D eigenvalue weighted by Gasteiger charge is -2.39. The van der Waals surface area contributed by atoms with E-state index in [1.54, 1.807) is 0 Å². The minimum absolute atomic E-state index is 0.0168. The van der Waals surface area contributed by atoms with E-state index in [4.69, 9.17) is 9.47 Å². The van der Waals surface area contributed by atoms with Crippen molar-refractivity contribution < 1.29 is 14.3 Å². The number of hydrogen-bond acceptors (Lipinski definition) is 3. The van der Waals surface area contributed by atoms with Gasteiger partial charge in [-0.3, -0.25) is 4.79 Å². The van der Waals surface area contributed by atoms with Crippen LogP contribution in [0.3, 0.4) is 0 Å². The van der Waals surface area contributed by atoms with Gasteiger partial charge < -0.3 is 14.4 Å². The molecular formula is C20H23NO3. The lowest BCUT2D eigenvalue weighted by atomic mass is 10.0. The van der Waals surface area contributed by atoms with Gasteiger partial charge in [-0.05, 0) is 42.7 Å². The van der Waals surface area contributed by atoms with Crippen LogP contribution in [0.1, 0.15) is 30.1 Å². The highest BCUT2D eigenvalue weighted by atomic mass is 16.5. The summed E-state index contributed by atoms with van der Waals surface area (Å²) in [6.45, 7) is 3.94. The van der Waals surface area contributed by atoms with E-state index in [2.05, 4.69) is 12.1 Å². The maximum Gasteiger partial charge on any atom is 0.254 e. The van der Waals surface area contributed by atoms with Gasteiger partial charge in [0.1, 0.15) is 6.10 Å². The van der Waals surface area contributed by atoms with Crippen LogP contribution in [0.4, 0.5) is 0 Å². The third kappa shape index (κ3) is 2.70. The van der Waals surface area contributed by atoms with Crippen molar-refractivity contribution in [1.29, 1.82) is 0 Å². The molecule has 1 aliphatic carbocycles. The molecule has 4 rings (SSSR count). The monoisotopic (exact) mass is 325 g/mol. The van der Waals surface area contributed by atoms with Crippen molar-refractivity contribution in [3.63, 3.8) is 0 Å². The Hall–Kier alpha value is -1.91. The van der Waals surface area contributed by atoms with E-state index in [9.17, 15) is 4.79 Å². The van der Waals surface area contributed by atoms with Crippen LogP contribution >= 0.6 is 0 Å². The normalized spacial score (nSPS) is 26.5. The Morgan fingerprint density at radius 2 is 2.04 bits per heavy atom. The Labute approximate surface area is 142 Å². The SMILES string of the molecule is CCO[C@H]1CC[C@H]2[C@@H]1OCCN2C(=O)c1ccc2ccccc2c1. The van der Waals surface area contributed by atoms with Gasteiger partial charge in [0.25, 0.3) is 5.91 Å². The number of carbonyl (C=O) groups excluding carboxylic acids is 1. The molecule has 4 heteroatoms. The fourth-order valence-electron chi connectivity index (χ4n) is 4.05. The van der Waals surface area contributed by atoms with E-state index in [1.165, 1.54) is 0 Å². The van der Waals surface area contributed by atoms with Crippen LogP contribution in [-0.2, 0) is 9.47 Å². The van der Waals surface area contributed by atoms with Crippen LogP contribution in [0.2, 0.25) is 0 Å². The maximum absolute atomic E-state index is 13.1. The summed E-state index contributed by atoms with van der Waals surface area (Å²) >= 11 is 0. The standard InChI is InChI=1S/C20H23NO3/c1-2-23-18-10-9-17-19(18)24-12-11-21(17)20(22)16-8-7-14-5-3-4-6-15(14)13-16/h3-8,13,17-19H,2,9-12H2,1H3/t17-,18-,19-/m0/s1. The van der Waals surface area contributed by atoms with Crippen molar-refractivity contribution in [1.82, 2.24) is 4.90 Å². The minimum atomic E-state index is 0.0168. The molecule has 0 spiro atoms. The van der Waals surface area contributed by atoms with Crippen LogP contribution in [0.25, 0.3) is 10.8 Å². The van der Waals surface area contributed by atoms with Crippen molar-refractivity contribution in [3.05, 3.63) is 48.0 Å². The summed E-state index contributed by atoms with van der Waals surface area (Å²) in [4.78, 5) is 15.1. The fraction of sp³-hybridized carbons (Fsp3) is 0.450. The summed E-state index contributed by atoms with van der Waals surface area (Å²) in [7, 11) is 0. The highest BCUT2D eigenvalue weighted by Crippen LogP contribution is 2.33. The van der Waals surface area contributed by atoms with Crippen molar-refractivity contribution in [2.24, 2.45) is 0 Å². The zero-order valence-electron chi connectivity index (χ0n) is 14.0. The Kier molecular flexibility index (Phi) is 4.25. The Morgan fingerprint density at radius 3 is 2.88 bits per heavy atom. The quantitative estimate of drug-likeness (QED) is 0.869. The molecule has 1 saturated heterocycles. The third-order valence-corrected chi connectivity index (χ3v) is 5.17. The molecule has 0 radical (unpaired) electrons. The van der Waals surface area contributed by atoms with Gasteiger partial charge in [0.05, 0.1) is 18.8 Å². The molecule has 1 aliphatic heterocycles. The number of fused-ring (bicyclic) bond motifs is 2. The third-order valence-electron chi connectivity index (χ3n) is 5.17. The summed E-state index contributed by atoms with van der Waals surface area (Å²) in [5.74, 6) is 0.108. The first-order valence-electron chi connectivity index (χ1n) is 8.81. The molecule has 2 fully saturated rings. The van der Waals surface area contributed by atoms with E-state index < -0.39 is 0 Å². The van der Waals surface area contributed by atoms with E-state index >= 15 is 0 Å². The summed E-state index contributed by atoms with van der Waals surface area (Å²) in [5.41, 5.74) is 0.759. The number of benzene rings is 2.